The first-order valence-corrected chi connectivity index (χ1v) is 9.13. The molecule has 1 aromatic rings. The molecule has 1 unspecified atom stereocenters. The highest BCUT2D eigenvalue weighted by molar-refractivity contribution is 7.88. The first-order chi connectivity index (χ1) is 10.0. The van der Waals surface area contributed by atoms with Crippen LogP contribution in [0.2, 0.25) is 0 Å². The van der Waals surface area contributed by atoms with Crippen LogP contribution in [0.4, 0.5) is 4.39 Å². The van der Waals surface area contributed by atoms with E-state index >= 15 is 0 Å². The summed E-state index contributed by atoms with van der Waals surface area (Å²) in [5, 5.41) is 3.36. The van der Waals surface area contributed by atoms with Crippen LogP contribution in [0.3, 0.4) is 0 Å². The van der Waals surface area contributed by atoms with Gasteiger partial charge in [-0.15, -0.1) is 0 Å². The second kappa shape index (κ2) is 6.02. The molecule has 1 atom stereocenters. The summed E-state index contributed by atoms with van der Waals surface area (Å²) in [6.45, 7) is 1.54. The van der Waals surface area contributed by atoms with Crippen molar-refractivity contribution in [3.63, 3.8) is 0 Å². The summed E-state index contributed by atoms with van der Waals surface area (Å²) < 4.78 is 39.9. The molecule has 1 saturated carbocycles. The normalized spacial score (nSPS) is 22.9. The summed E-state index contributed by atoms with van der Waals surface area (Å²) >= 11 is 0. The predicted molar refractivity (Wildman–Crippen MR) is 79.8 cm³/mol. The Kier molecular flexibility index (Phi) is 4.28. The molecule has 6 heteroatoms. The van der Waals surface area contributed by atoms with E-state index in [0.29, 0.717) is 12.1 Å². The van der Waals surface area contributed by atoms with Gasteiger partial charge in [0.05, 0.1) is 5.75 Å². The largest absolute Gasteiger partial charge is 0.313 e. The number of sulfonamides is 1. The first kappa shape index (κ1) is 14.9. The van der Waals surface area contributed by atoms with E-state index in [1.807, 2.05) is 0 Å². The Balaban J connectivity index is 1.72. The second-order valence-corrected chi connectivity index (χ2v) is 7.90. The minimum absolute atomic E-state index is 0.0451. The van der Waals surface area contributed by atoms with Crippen LogP contribution in [0.15, 0.2) is 24.3 Å². The molecular weight excluding hydrogens is 291 g/mol. The molecule has 0 aromatic heterocycles. The molecule has 1 N–H and O–H groups in total. The van der Waals surface area contributed by atoms with E-state index in [4.69, 9.17) is 0 Å². The maximum absolute atomic E-state index is 12.9. The van der Waals surface area contributed by atoms with Gasteiger partial charge in [0, 0.05) is 18.6 Å². The monoisotopic (exact) mass is 312 g/mol. The van der Waals surface area contributed by atoms with Crippen molar-refractivity contribution in [3.8, 4) is 0 Å². The summed E-state index contributed by atoms with van der Waals surface area (Å²) in [6.07, 6.45) is 4.06. The van der Waals surface area contributed by atoms with Crippen molar-refractivity contribution < 1.29 is 12.8 Å². The molecule has 3 rings (SSSR count). The van der Waals surface area contributed by atoms with Gasteiger partial charge in [-0.25, -0.2) is 12.8 Å². The lowest BCUT2D eigenvalue weighted by Gasteiger charge is -2.25. The van der Waals surface area contributed by atoms with E-state index < -0.39 is 10.0 Å². The average Bonchev–Trinajstić information content (AvgIpc) is 3.14. The molecule has 1 aromatic carbocycles. The molecule has 0 amide bonds. The van der Waals surface area contributed by atoms with Crippen LogP contribution in [-0.4, -0.2) is 37.9 Å². The number of halogens is 1. The van der Waals surface area contributed by atoms with Gasteiger partial charge >= 0.3 is 0 Å². The SMILES string of the molecule is O=S(=O)(Cc1ccc(F)cc1)N(CC1CCCN1)C1CC1. The highest BCUT2D eigenvalue weighted by Gasteiger charge is 2.38. The van der Waals surface area contributed by atoms with E-state index in [1.54, 1.807) is 16.4 Å². The molecule has 2 aliphatic rings. The Morgan fingerprint density at radius 3 is 2.48 bits per heavy atom. The zero-order valence-electron chi connectivity index (χ0n) is 12.0. The lowest BCUT2D eigenvalue weighted by Crippen LogP contribution is -2.42. The molecule has 21 heavy (non-hydrogen) atoms. The molecule has 1 aliphatic carbocycles. The Labute approximate surface area is 125 Å². The van der Waals surface area contributed by atoms with Crippen LogP contribution in [-0.2, 0) is 15.8 Å². The van der Waals surface area contributed by atoms with Crippen LogP contribution in [0, 0.1) is 5.82 Å². The number of nitrogens with one attached hydrogen (secondary N) is 1. The van der Waals surface area contributed by atoms with E-state index in [1.165, 1.54) is 12.1 Å². The molecule has 2 fully saturated rings. The zero-order chi connectivity index (χ0) is 14.9. The van der Waals surface area contributed by atoms with Crippen LogP contribution in [0.25, 0.3) is 0 Å². The molecule has 0 spiro atoms. The van der Waals surface area contributed by atoms with Crippen molar-refractivity contribution in [2.45, 2.75) is 43.5 Å². The summed E-state index contributed by atoms with van der Waals surface area (Å²) in [6, 6.07) is 6.15. The van der Waals surface area contributed by atoms with Crippen molar-refractivity contribution in [2.24, 2.45) is 0 Å². The highest BCUT2D eigenvalue weighted by Crippen LogP contribution is 2.31. The number of nitrogens with zero attached hydrogens (tertiary/aromatic N) is 1. The van der Waals surface area contributed by atoms with Gasteiger partial charge < -0.3 is 5.32 Å². The Hall–Kier alpha value is -0.980. The zero-order valence-corrected chi connectivity index (χ0v) is 12.8. The third kappa shape index (κ3) is 3.81. The van der Waals surface area contributed by atoms with Crippen LogP contribution in [0.5, 0.6) is 0 Å². The van der Waals surface area contributed by atoms with E-state index in [0.717, 1.165) is 32.2 Å². The summed E-state index contributed by atoms with van der Waals surface area (Å²) in [5.74, 6) is -0.387. The van der Waals surface area contributed by atoms with Crippen LogP contribution in [0.1, 0.15) is 31.2 Å². The molecule has 116 valence electrons. The number of hydrogen-bond acceptors (Lipinski definition) is 3. The lowest BCUT2D eigenvalue weighted by atomic mass is 10.2. The first-order valence-electron chi connectivity index (χ1n) is 7.52. The van der Waals surface area contributed by atoms with Crippen molar-refractivity contribution >= 4 is 10.0 Å². The quantitative estimate of drug-likeness (QED) is 0.872. The maximum Gasteiger partial charge on any atom is 0.218 e. The third-order valence-corrected chi connectivity index (χ3v) is 6.00. The minimum atomic E-state index is -3.34. The van der Waals surface area contributed by atoms with Crippen molar-refractivity contribution in [2.75, 3.05) is 13.1 Å². The van der Waals surface area contributed by atoms with Gasteiger partial charge in [0.2, 0.25) is 10.0 Å². The third-order valence-electron chi connectivity index (χ3n) is 4.14. The number of hydrogen-bond donors (Lipinski definition) is 1. The molecule has 1 saturated heterocycles. The summed E-state index contributed by atoms with van der Waals surface area (Å²) in [5.41, 5.74) is 0.640. The topological polar surface area (TPSA) is 49.4 Å². The lowest BCUT2D eigenvalue weighted by molar-refractivity contribution is 0.362. The average molecular weight is 312 g/mol. The number of benzene rings is 1. The Morgan fingerprint density at radius 1 is 1.19 bits per heavy atom. The van der Waals surface area contributed by atoms with Gasteiger partial charge in [-0.2, -0.15) is 4.31 Å². The fourth-order valence-corrected chi connectivity index (χ4v) is 4.71. The molecule has 4 nitrogen and oxygen atoms in total. The van der Waals surface area contributed by atoms with E-state index in [9.17, 15) is 12.8 Å². The Bertz CT molecular complexity index is 578. The summed E-state index contributed by atoms with van der Waals surface area (Å²) in [4.78, 5) is 0. The molecular formula is C15H21FN2O2S. The van der Waals surface area contributed by atoms with Gasteiger partial charge in [-0.1, -0.05) is 12.1 Å². The molecule has 0 bridgehead atoms. The van der Waals surface area contributed by atoms with Gasteiger partial charge in [0.1, 0.15) is 5.82 Å². The van der Waals surface area contributed by atoms with Crippen molar-refractivity contribution in [3.05, 3.63) is 35.6 Å². The van der Waals surface area contributed by atoms with Gasteiger partial charge in [-0.3, -0.25) is 0 Å². The molecule has 1 heterocycles. The fraction of sp³-hybridized carbons (Fsp3) is 0.600. The van der Waals surface area contributed by atoms with Gasteiger partial charge in [0.25, 0.3) is 0 Å². The predicted octanol–water partition coefficient (Wildman–Crippen LogP) is 1.87. The van der Waals surface area contributed by atoms with Crippen molar-refractivity contribution in [1.29, 1.82) is 0 Å². The van der Waals surface area contributed by atoms with Gasteiger partial charge in [-0.05, 0) is 49.9 Å². The van der Waals surface area contributed by atoms with Gasteiger partial charge in [0.15, 0.2) is 0 Å². The van der Waals surface area contributed by atoms with Crippen LogP contribution < -0.4 is 5.32 Å². The fourth-order valence-electron chi connectivity index (χ4n) is 2.86. The highest BCUT2D eigenvalue weighted by atomic mass is 32.2. The summed E-state index contributed by atoms with van der Waals surface area (Å²) in [7, 11) is -3.34. The molecule has 1 aliphatic heterocycles. The maximum atomic E-state index is 12.9. The standard InChI is InChI=1S/C15H21FN2O2S/c16-13-5-3-12(4-6-13)11-21(19,20)18(15-7-8-15)10-14-2-1-9-17-14/h3-6,14-15,17H,1-2,7-11H2. The minimum Gasteiger partial charge on any atom is -0.313 e. The van der Waals surface area contributed by atoms with Crippen LogP contribution >= 0.6 is 0 Å². The second-order valence-electron chi connectivity index (χ2n) is 5.98. The van der Waals surface area contributed by atoms with E-state index in [-0.39, 0.29) is 23.7 Å². The van der Waals surface area contributed by atoms with E-state index in [2.05, 4.69) is 5.32 Å². The molecule has 0 radical (unpaired) electrons. The number of rotatable bonds is 6. The smallest absolute Gasteiger partial charge is 0.218 e. The Morgan fingerprint density at radius 2 is 1.90 bits per heavy atom. The van der Waals surface area contributed by atoms with Crippen molar-refractivity contribution in [1.82, 2.24) is 9.62 Å².